The first-order chi connectivity index (χ1) is 33.6. The van der Waals surface area contributed by atoms with Crippen LogP contribution in [0.3, 0.4) is 0 Å². The summed E-state index contributed by atoms with van der Waals surface area (Å²) in [6.45, 7) is 2.42. The summed E-state index contributed by atoms with van der Waals surface area (Å²) in [5.74, 6) is 1.42. The van der Waals surface area contributed by atoms with Crippen molar-refractivity contribution in [3.63, 3.8) is 0 Å². The van der Waals surface area contributed by atoms with Gasteiger partial charge in [-0.1, -0.05) is 48.5 Å². The fourth-order valence-electron chi connectivity index (χ4n) is 9.83. The Bertz CT molecular complexity index is 3170. The Balaban J connectivity index is 0.825. The van der Waals surface area contributed by atoms with Crippen molar-refractivity contribution in [2.24, 2.45) is 14.1 Å². The number of fused-ring (bicyclic) bond motifs is 2. The molecule has 8 aromatic rings. The highest BCUT2D eigenvalue weighted by Gasteiger charge is 2.38. The zero-order chi connectivity index (χ0) is 48.9. The second kappa shape index (κ2) is 18.6. The topological polar surface area (TPSA) is 152 Å². The molecule has 2 saturated heterocycles. The highest BCUT2D eigenvalue weighted by Crippen LogP contribution is 2.38. The Morgan fingerprint density at radius 2 is 1.10 bits per heavy atom. The van der Waals surface area contributed by atoms with Crippen LogP contribution in [-0.2, 0) is 39.5 Å². The first-order valence-electron chi connectivity index (χ1n) is 22.9. The zero-order valence-electron chi connectivity index (χ0n) is 38.7. The lowest BCUT2D eigenvalue weighted by Crippen LogP contribution is -2.43. The molecule has 8 heterocycles. The normalized spacial score (nSPS) is 15.6. The van der Waals surface area contributed by atoms with Crippen LogP contribution >= 0.6 is 0 Å². The lowest BCUT2D eigenvalue weighted by molar-refractivity contribution is -0.139. The van der Waals surface area contributed by atoms with Crippen LogP contribution in [0.25, 0.3) is 55.7 Å². The van der Waals surface area contributed by atoms with Gasteiger partial charge in [-0.05, 0) is 58.0 Å². The van der Waals surface area contributed by atoms with Gasteiger partial charge in [0.15, 0.2) is 11.6 Å². The second-order valence-corrected chi connectivity index (χ2v) is 17.9. The third-order valence-electron chi connectivity index (χ3n) is 13.6. The molecule has 16 nitrogen and oxygen atoms in total. The van der Waals surface area contributed by atoms with E-state index >= 15 is 0 Å². The van der Waals surface area contributed by atoms with Crippen LogP contribution < -0.4 is 9.80 Å². The van der Waals surface area contributed by atoms with Crippen molar-refractivity contribution in [2.75, 3.05) is 50.1 Å². The molecule has 0 radical (unpaired) electrons. The Morgan fingerprint density at radius 3 is 1.63 bits per heavy atom. The van der Waals surface area contributed by atoms with Gasteiger partial charge in [0, 0.05) is 99.4 Å². The predicted octanol–water partition coefficient (Wildman–Crippen LogP) is 7.86. The van der Waals surface area contributed by atoms with Crippen molar-refractivity contribution < 1.29 is 26.3 Å². The number of hydrogen-bond donors (Lipinski definition) is 0. The molecule has 2 fully saturated rings. The van der Waals surface area contributed by atoms with Crippen molar-refractivity contribution in [2.45, 2.75) is 63.2 Å². The first kappa shape index (κ1) is 46.5. The molecule has 0 saturated carbocycles. The Kier molecular flexibility index (Phi) is 12.4. The van der Waals surface area contributed by atoms with Crippen LogP contribution in [-0.4, -0.2) is 122 Å². The summed E-state index contributed by atoms with van der Waals surface area (Å²) in [6, 6.07) is 20.1. The Morgan fingerprint density at radius 1 is 0.571 bits per heavy atom. The van der Waals surface area contributed by atoms with Gasteiger partial charge in [0.05, 0.1) is 33.9 Å². The molecular weight excluding hydrogens is 915 g/mol. The standard InChI is InChI=1S/C48H48F6N16/c1-65(26-39-36(48(52,53)54)25-55-28-56-39)29-14-19-70(20-15-29)46-34-12-8-6-10-32(34)44(61-63-46)42-24-38(64-68(42)4)37-23-35(47(49,50)51)40(59-58-37)27-66(2)30-16-21-69(22-17-30)45-33-11-7-5-9-31(33)43(60-62-45)41-13-18-57-67(41)3/h5-13,18,23-25,28-30H,14-17,19-22,26-27H2,1-4H3. The summed E-state index contributed by atoms with van der Waals surface area (Å²) in [5.41, 5.74) is 0.785. The number of nitrogens with zero attached hydrogens (tertiary/aromatic N) is 16. The lowest BCUT2D eigenvalue weighted by Gasteiger charge is -2.37. The van der Waals surface area contributed by atoms with E-state index in [2.05, 4.69) is 60.6 Å². The number of anilines is 2. The van der Waals surface area contributed by atoms with Crippen molar-refractivity contribution >= 4 is 33.2 Å². The van der Waals surface area contributed by atoms with Gasteiger partial charge in [0.1, 0.15) is 29.1 Å². The van der Waals surface area contributed by atoms with Gasteiger partial charge in [-0.25, -0.2) is 9.97 Å². The number of aromatic nitrogens is 12. The van der Waals surface area contributed by atoms with E-state index in [0.29, 0.717) is 69.1 Å². The van der Waals surface area contributed by atoms with Gasteiger partial charge in [-0.15, -0.1) is 25.5 Å². The molecule has 0 bridgehead atoms. The lowest BCUT2D eigenvalue weighted by atomic mass is 10.0. The molecule has 0 aliphatic carbocycles. The number of piperidine rings is 2. The van der Waals surface area contributed by atoms with Crippen LogP contribution in [0.1, 0.15) is 48.2 Å². The first-order valence-corrected chi connectivity index (χ1v) is 22.9. The van der Waals surface area contributed by atoms with E-state index in [4.69, 9.17) is 0 Å². The molecule has 2 aliphatic heterocycles. The summed E-state index contributed by atoms with van der Waals surface area (Å²) in [6.07, 6.45) is -2.88. The maximum absolute atomic E-state index is 14.9. The molecule has 0 atom stereocenters. The summed E-state index contributed by atoms with van der Waals surface area (Å²) in [5, 5.41) is 39.4. The molecule has 0 N–H and O–H groups in total. The van der Waals surface area contributed by atoms with Crippen LogP contribution in [0.5, 0.6) is 0 Å². The zero-order valence-corrected chi connectivity index (χ0v) is 38.7. The quantitative estimate of drug-likeness (QED) is 0.116. The van der Waals surface area contributed by atoms with E-state index in [-0.39, 0.29) is 47.9 Å². The monoisotopic (exact) mass is 962 g/mol. The number of benzene rings is 2. The number of halogens is 6. The number of hydrogen-bond acceptors (Lipinski definition) is 14. The van der Waals surface area contributed by atoms with E-state index in [0.717, 1.165) is 57.3 Å². The van der Waals surface area contributed by atoms with E-state index in [1.165, 1.54) is 0 Å². The average Bonchev–Trinajstić information content (AvgIpc) is 3.97. The maximum Gasteiger partial charge on any atom is 0.419 e. The number of alkyl halides is 6. The van der Waals surface area contributed by atoms with Crippen molar-refractivity contribution in [1.82, 2.24) is 69.9 Å². The molecular formula is C48H48F6N16. The highest BCUT2D eigenvalue weighted by atomic mass is 19.4. The minimum absolute atomic E-state index is 0.00449. The second-order valence-electron chi connectivity index (χ2n) is 17.9. The predicted molar refractivity (Wildman–Crippen MR) is 250 cm³/mol. The molecule has 22 heteroatoms. The molecule has 10 rings (SSSR count). The van der Waals surface area contributed by atoms with E-state index in [1.54, 1.807) is 35.7 Å². The van der Waals surface area contributed by atoms with Crippen LogP contribution in [0.15, 0.2) is 85.5 Å². The average molecular weight is 963 g/mol. The molecule has 0 amide bonds. The summed E-state index contributed by atoms with van der Waals surface area (Å²) in [4.78, 5) is 15.6. The van der Waals surface area contributed by atoms with E-state index < -0.39 is 23.5 Å². The van der Waals surface area contributed by atoms with Gasteiger partial charge in [-0.3, -0.25) is 19.2 Å². The maximum atomic E-state index is 14.9. The number of rotatable bonds is 11. The third kappa shape index (κ3) is 9.07. The highest BCUT2D eigenvalue weighted by molar-refractivity contribution is 6.01. The van der Waals surface area contributed by atoms with Crippen molar-refractivity contribution in [1.29, 1.82) is 0 Å². The van der Waals surface area contributed by atoms with Gasteiger partial charge in [0.2, 0.25) is 0 Å². The van der Waals surface area contributed by atoms with Gasteiger partial charge >= 0.3 is 12.4 Å². The Labute approximate surface area is 398 Å². The van der Waals surface area contributed by atoms with Crippen molar-refractivity contribution in [3.8, 4) is 34.2 Å². The van der Waals surface area contributed by atoms with Crippen molar-refractivity contribution in [3.05, 3.63) is 108 Å². The van der Waals surface area contributed by atoms with Crippen LogP contribution in [0.2, 0.25) is 0 Å². The molecule has 362 valence electrons. The Hall–Kier alpha value is -7.20. The fourth-order valence-corrected chi connectivity index (χ4v) is 9.83. The van der Waals surface area contributed by atoms with E-state index in [1.807, 2.05) is 78.5 Å². The minimum Gasteiger partial charge on any atom is -0.354 e. The van der Waals surface area contributed by atoms with Crippen LogP contribution in [0.4, 0.5) is 38.0 Å². The number of aryl methyl sites for hydroxylation is 2. The molecule has 70 heavy (non-hydrogen) atoms. The smallest absolute Gasteiger partial charge is 0.354 e. The van der Waals surface area contributed by atoms with Gasteiger partial charge in [-0.2, -0.15) is 41.6 Å². The molecule has 0 unspecified atom stereocenters. The van der Waals surface area contributed by atoms with E-state index in [9.17, 15) is 26.3 Å². The van der Waals surface area contributed by atoms with Gasteiger partial charge in [0.25, 0.3) is 0 Å². The minimum atomic E-state index is -4.71. The SMILES string of the molecule is CN(Cc1ncncc1C(F)(F)F)C1CCN(c2nnc(-c3cc(-c4cc(C(F)(F)F)c(CN(C)C5CCN(c6nnc(-c7ccnn7C)c7ccccc67)CC5)nn4)nn3C)c3ccccc23)CC1. The molecule has 2 aliphatic rings. The summed E-state index contributed by atoms with van der Waals surface area (Å²) in [7, 11) is 7.16. The summed E-state index contributed by atoms with van der Waals surface area (Å²) >= 11 is 0. The summed E-state index contributed by atoms with van der Waals surface area (Å²) < 4.78 is 88.8. The molecule has 0 spiro atoms. The largest absolute Gasteiger partial charge is 0.419 e. The van der Waals surface area contributed by atoms with Crippen LogP contribution in [0, 0.1) is 0 Å². The fraction of sp³-hybridized carbons (Fsp3) is 0.375. The third-order valence-corrected chi connectivity index (χ3v) is 13.6. The van der Waals surface area contributed by atoms with Gasteiger partial charge < -0.3 is 9.80 Å². The molecule has 2 aromatic carbocycles. The molecule has 6 aromatic heterocycles.